The lowest BCUT2D eigenvalue weighted by molar-refractivity contribution is 0.0994. The normalized spacial score (nSPS) is 11.6. The molecule has 0 aliphatic heterocycles. The van der Waals surface area contributed by atoms with Gasteiger partial charge >= 0.3 is 20.6 Å². The van der Waals surface area contributed by atoms with Crippen LogP contribution in [0.1, 0.15) is 36.6 Å². The summed E-state index contributed by atoms with van der Waals surface area (Å²) in [6.07, 6.45) is 2.62. The zero-order chi connectivity index (χ0) is 29.8. The molecular weight excluding hydrogens is 568 g/mol. The van der Waals surface area contributed by atoms with Crippen molar-refractivity contribution < 1.29 is 40.0 Å². The average molecular weight is 585 g/mol. The monoisotopic (exact) mass is 584 g/mol. The molecule has 0 radical (unpaired) electrons. The van der Waals surface area contributed by atoms with E-state index in [1.807, 2.05) is 4.52 Å². The van der Waals surface area contributed by atoms with E-state index in [4.69, 9.17) is 15.6 Å². The minimum atomic E-state index is -4.47. The standard InChI is InChI=1S/C13H9N3O4S.C10H6O2.HN3O3S/c14-15-16-21(18,19)20-12-9-5-4-8-11(12)13(17)10-6-2-1-3-7-10;11-9-5-6-10(12)8-4-2-1-3-7(8)9;1-2-3-7(4,5)6/h1-9H;1-6H;(H,4,5,6). The third-order valence-corrected chi connectivity index (χ3v) is 5.43. The molecule has 0 unspecified atom stereocenters. The van der Waals surface area contributed by atoms with Crippen LogP contribution in [0, 0.1) is 0 Å². The Labute approximate surface area is 226 Å². The van der Waals surface area contributed by atoms with Gasteiger partial charge in [0.25, 0.3) is 0 Å². The minimum absolute atomic E-state index is 0.0559. The largest absolute Gasteiger partial charge is 0.403 e. The van der Waals surface area contributed by atoms with Gasteiger partial charge in [0.2, 0.25) is 0 Å². The van der Waals surface area contributed by atoms with Gasteiger partial charge in [-0.3, -0.25) is 18.9 Å². The summed E-state index contributed by atoms with van der Waals surface area (Å²) < 4.78 is 58.2. The molecule has 1 aliphatic carbocycles. The van der Waals surface area contributed by atoms with E-state index >= 15 is 0 Å². The second kappa shape index (κ2) is 14.0. The van der Waals surface area contributed by atoms with Gasteiger partial charge < -0.3 is 4.18 Å². The Bertz CT molecular complexity index is 1740. The molecule has 15 nitrogen and oxygen atoms in total. The van der Waals surface area contributed by atoms with Gasteiger partial charge in [-0.2, -0.15) is 16.8 Å². The van der Waals surface area contributed by atoms with Crippen molar-refractivity contribution in [2.45, 2.75) is 0 Å². The van der Waals surface area contributed by atoms with Gasteiger partial charge in [0, 0.05) is 26.5 Å². The highest BCUT2D eigenvalue weighted by Gasteiger charge is 2.19. The summed E-state index contributed by atoms with van der Waals surface area (Å²) in [5.41, 5.74) is 16.9. The summed E-state index contributed by atoms with van der Waals surface area (Å²) in [5.74, 6) is -0.781. The Kier molecular flexibility index (Phi) is 10.8. The van der Waals surface area contributed by atoms with E-state index in [2.05, 4.69) is 13.6 Å². The number of carbonyl (C=O) groups excluding carboxylic acids is 3. The van der Waals surface area contributed by atoms with Gasteiger partial charge in [0.1, 0.15) is 0 Å². The molecule has 1 aliphatic rings. The second-order valence-corrected chi connectivity index (χ2v) is 9.34. The Hall–Kier alpha value is -5.31. The van der Waals surface area contributed by atoms with Crippen LogP contribution in [0.4, 0.5) is 0 Å². The summed E-state index contributed by atoms with van der Waals surface area (Å²) in [6.45, 7) is 0. The van der Waals surface area contributed by atoms with Crippen molar-refractivity contribution >= 4 is 38.0 Å². The smallest absolute Gasteiger partial charge is 0.376 e. The van der Waals surface area contributed by atoms with E-state index in [1.54, 1.807) is 65.6 Å². The topological polar surface area (TPSA) is 246 Å². The SMILES string of the molecule is O=C1C=CC(=O)c2ccccc21.[N-]=[N+]=NS(=O)(=O)O.[N-]=[N+]=NS(=O)(=O)Oc1ccccc1C(=O)c1ccccc1. The molecule has 0 aromatic heterocycles. The van der Waals surface area contributed by atoms with Crippen molar-refractivity contribution in [1.29, 1.82) is 0 Å². The summed E-state index contributed by atoms with van der Waals surface area (Å²) in [6, 6.07) is 21.0. The van der Waals surface area contributed by atoms with Crippen molar-refractivity contribution in [3.8, 4) is 5.75 Å². The number of carbonyl (C=O) groups is 3. The van der Waals surface area contributed by atoms with Crippen LogP contribution < -0.4 is 4.18 Å². The zero-order valence-corrected chi connectivity index (χ0v) is 21.5. The number of nitrogens with zero attached hydrogens (tertiary/aromatic N) is 6. The molecule has 0 heterocycles. The first-order valence-corrected chi connectivity index (χ1v) is 13.2. The molecule has 0 saturated heterocycles. The van der Waals surface area contributed by atoms with Crippen LogP contribution >= 0.6 is 0 Å². The van der Waals surface area contributed by atoms with E-state index in [-0.39, 0.29) is 22.9 Å². The van der Waals surface area contributed by atoms with Crippen molar-refractivity contribution in [3.05, 3.63) is 134 Å². The molecule has 3 aromatic rings. The molecule has 0 atom stereocenters. The van der Waals surface area contributed by atoms with Crippen LogP contribution in [-0.4, -0.2) is 38.7 Å². The molecule has 0 amide bonds. The molecular formula is C23H16N6O9S2. The van der Waals surface area contributed by atoms with Crippen LogP contribution in [-0.2, 0) is 20.6 Å². The number of hydrogen-bond donors (Lipinski definition) is 1. The van der Waals surface area contributed by atoms with Gasteiger partial charge in [-0.15, -0.1) is 0 Å². The lowest BCUT2D eigenvalue weighted by Crippen LogP contribution is -2.10. The quantitative estimate of drug-likeness (QED) is 0.140. The highest BCUT2D eigenvalue weighted by molar-refractivity contribution is 7.85. The highest BCUT2D eigenvalue weighted by Crippen LogP contribution is 2.23. The molecule has 1 N–H and O–H groups in total. The number of hydrogen-bond acceptors (Lipinski definition) is 8. The second-order valence-electron chi connectivity index (χ2n) is 7.10. The number of azide groups is 2. The fourth-order valence-electron chi connectivity index (χ4n) is 2.94. The van der Waals surface area contributed by atoms with Gasteiger partial charge in [-0.25, -0.2) is 0 Å². The average Bonchev–Trinajstić information content (AvgIpc) is 2.91. The van der Waals surface area contributed by atoms with Crippen molar-refractivity contribution in [2.24, 2.45) is 9.04 Å². The Morgan fingerprint density at radius 2 is 1.20 bits per heavy atom. The predicted octanol–water partition coefficient (Wildman–Crippen LogP) is 4.57. The summed E-state index contributed by atoms with van der Waals surface area (Å²) in [7, 11) is -8.93. The van der Waals surface area contributed by atoms with Gasteiger partial charge in [0.05, 0.1) is 14.6 Å². The first kappa shape index (κ1) is 30.9. The molecule has 204 valence electrons. The van der Waals surface area contributed by atoms with Crippen LogP contribution in [0.15, 0.2) is 100 Å². The van der Waals surface area contributed by atoms with Crippen molar-refractivity contribution in [1.82, 2.24) is 0 Å². The van der Waals surface area contributed by atoms with Crippen LogP contribution in [0.5, 0.6) is 5.75 Å². The summed E-state index contributed by atoms with van der Waals surface area (Å²) >= 11 is 0. The predicted molar refractivity (Wildman–Crippen MR) is 140 cm³/mol. The highest BCUT2D eigenvalue weighted by atomic mass is 32.2. The molecule has 17 heteroatoms. The number of allylic oxidation sites excluding steroid dienone is 2. The first-order chi connectivity index (χ1) is 18.9. The van der Waals surface area contributed by atoms with E-state index in [1.165, 1.54) is 30.4 Å². The maximum absolute atomic E-state index is 12.3. The number of fused-ring (bicyclic) bond motifs is 1. The maximum Gasteiger partial charge on any atom is 0.403 e. The molecule has 4 rings (SSSR count). The Morgan fingerprint density at radius 3 is 1.68 bits per heavy atom. The third kappa shape index (κ3) is 9.53. The van der Waals surface area contributed by atoms with E-state index in [0.717, 1.165) is 0 Å². The van der Waals surface area contributed by atoms with E-state index in [0.29, 0.717) is 16.7 Å². The third-order valence-electron chi connectivity index (χ3n) is 4.48. The fourth-order valence-corrected chi connectivity index (χ4v) is 3.52. The molecule has 0 fully saturated rings. The summed E-state index contributed by atoms with van der Waals surface area (Å²) in [5, 5.41) is 0. The van der Waals surface area contributed by atoms with Gasteiger partial charge in [0.15, 0.2) is 23.1 Å². The Morgan fingerprint density at radius 1 is 0.725 bits per heavy atom. The molecule has 40 heavy (non-hydrogen) atoms. The lowest BCUT2D eigenvalue weighted by Gasteiger charge is -2.08. The number of rotatable bonds is 6. The molecule has 0 spiro atoms. The molecule has 0 bridgehead atoms. The van der Waals surface area contributed by atoms with Crippen LogP contribution in [0.25, 0.3) is 20.9 Å². The van der Waals surface area contributed by atoms with E-state index < -0.39 is 26.4 Å². The Balaban J connectivity index is 0.000000247. The van der Waals surface area contributed by atoms with Crippen LogP contribution in [0.3, 0.4) is 0 Å². The van der Waals surface area contributed by atoms with Crippen molar-refractivity contribution in [2.75, 3.05) is 0 Å². The summed E-state index contributed by atoms with van der Waals surface area (Å²) in [4.78, 5) is 38.7. The molecule has 0 saturated carbocycles. The number of ketones is 3. The first-order valence-electron chi connectivity index (χ1n) is 10.5. The number of para-hydroxylation sites is 1. The van der Waals surface area contributed by atoms with Crippen molar-refractivity contribution in [3.63, 3.8) is 0 Å². The maximum atomic E-state index is 12.3. The van der Waals surface area contributed by atoms with Gasteiger partial charge in [-0.1, -0.05) is 66.7 Å². The minimum Gasteiger partial charge on any atom is -0.376 e. The van der Waals surface area contributed by atoms with Crippen LogP contribution in [0.2, 0.25) is 0 Å². The number of benzene rings is 3. The zero-order valence-electron chi connectivity index (χ0n) is 19.9. The van der Waals surface area contributed by atoms with Gasteiger partial charge in [-0.05, 0) is 35.3 Å². The fraction of sp³-hybridized carbons (Fsp3) is 0. The van der Waals surface area contributed by atoms with E-state index in [9.17, 15) is 31.2 Å². The lowest BCUT2D eigenvalue weighted by atomic mass is 9.95. The molecule has 3 aromatic carbocycles.